The van der Waals surface area contributed by atoms with Gasteiger partial charge >= 0.3 is 0 Å². The molecule has 1 amide bonds. The minimum Gasteiger partial charge on any atom is -0.352 e. The number of halogens is 3. The first-order valence-corrected chi connectivity index (χ1v) is 6.19. The minimum atomic E-state index is -0.572. The zero-order valence-corrected chi connectivity index (χ0v) is 11.0. The molecule has 0 aliphatic heterocycles. The van der Waals surface area contributed by atoms with E-state index in [2.05, 4.69) is 5.32 Å². The molecule has 1 N–H and O–H groups in total. The largest absolute Gasteiger partial charge is 0.352 e. The maximum Gasteiger partial charge on any atom is 0.254 e. The Morgan fingerprint density at radius 3 is 2.88 bits per heavy atom. The molecular weight excluding hydrogens is 264 g/mol. The summed E-state index contributed by atoms with van der Waals surface area (Å²) >= 11 is 11.5. The van der Waals surface area contributed by atoms with Gasteiger partial charge in [0.05, 0.1) is 5.56 Å². The fourth-order valence-corrected chi connectivity index (χ4v) is 1.68. The first-order valence-electron chi connectivity index (χ1n) is 5.38. The van der Waals surface area contributed by atoms with Crippen molar-refractivity contribution in [3.8, 4) is 0 Å². The summed E-state index contributed by atoms with van der Waals surface area (Å²) < 4.78 is 13.3. The van der Waals surface area contributed by atoms with Gasteiger partial charge in [0.2, 0.25) is 0 Å². The van der Waals surface area contributed by atoms with Gasteiger partial charge < -0.3 is 5.32 Å². The molecule has 1 atom stereocenters. The van der Waals surface area contributed by atoms with Crippen molar-refractivity contribution in [2.45, 2.75) is 25.1 Å². The van der Waals surface area contributed by atoms with Gasteiger partial charge in [0, 0.05) is 16.9 Å². The molecule has 1 aromatic carbocycles. The summed E-state index contributed by atoms with van der Waals surface area (Å²) in [6.45, 7) is 2.36. The van der Waals surface area contributed by atoms with Crippen LogP contribution in [0.3, 0.4) is 0 Å². The van der Waals surface area contributed by atoms with Gasteiger partial charge in [0.25, 0.3) is 5.91 Å². The average molecular weight is 278 g/mol. The van der Waals surface area contributed by atoms with E-state index in [0.717, 1.165) is 12.8 Å². The lowest BCUT2D eigenvalue weighted by Crippen LogP contribution is -2.25. The molecule has 0 heterocycles. The Balaban J connectivity index is 2.49. The smallest absolute Gasteiger partial charge is 0.254 e. The van der Waals surface area contributed by atoms with E-state index in [4.69, 9.17) is 23.2 Å². The second kappa shape index (κ2) is 6.82. The van der Waals surface area contributed by atoms with Crippen molar-refractivity contribution in [1.29, 1.82) is 0 Å². The van der Waals surface area contributed by atoms with E-state index in [-0.39, 0.29) is 10.9 Å². The standard InChI is InChI=1S/C12H14Cl2FNO/c1-8(13)3-2-6-16-12(17)10-7-9(14)4-5-11(10)15/h4-5,7-8H,2-3,6H2,1H3,(H,16,17). The molecule has 94 valence electrons. The number of rotatable bonds is 5. The van der Waals surface area contributed by atoms with E-state index in [0.29, 0.717) is 11.6 Å². The van der Waals surface area contributed by atoms with Gasteiger partial charge in [-0.3, -0.25) is 4.79 Å². The Labute approximate surface area is 110 Å². The highest BCUT2D eigenvalue weighted by molar-refractivity contribution is 6.31. The number of alkyl halides is 1. The molecule has 17 heavy (non-hydrogen) atoms. The Hall–Kier alpha value is -0.800. The molecule has 0 aromatic heterocycles. The first kappa shape index (κ1) is 14.3. The van der Waals surface area contributed by atoms with Crippen molar-refractivity contribution in [2.24, 2.45) is 0 Å². The minimum absolute atomic E-state index is 0.0311. The zero-order chi connectivity index (χ0) is 12.8. The normalized spacial score (nSPS) is 12.2. The van der Waals surface area contributed by atoms with E-state index in [1.54, 1.807) is 0 Å². The summed E-state index contributed by atoms with van der Waals surface area (Å²) in [5.74, 6) is -1.02. The molecule has 5 heteroatoms. The highest BCUT2D eigenvalue weighted by Crippen LogP contribution is 2.14. The average Bonchev–Trinajstić information content (AvgIpc) is 2.27. The van der Waals surface area contributed by atoms with Crippen LogP contribution in [0.5, 0.6) is 0 Å². The molecule has 2 nitrogen and oxygen atoms in total. The first-order chi connectivity index (χ1) is 8.00. The monoisotopic (exact) mass is 277 g/mol. The van der Waals surface area contributed by atoms with Gasteiger partial charge in [-0.05, 0) is 38.0 Å². The Bertz CT molecular complexity index is 396. The van der Waals surface area contributed by atoms with Gasteiger partial charge in [-0.25, -0.2) is 4.39 Å². The predicted octanol–water partition coefficient (Wildman–Crippen LogP) is 3.62. The Morgan fingerprint density at radius 1 is 1.53 bits per heavy atom. The maximum absolute atomic E-state index is 13.3. The number of amides is 1. The van der Waals surface area contributed by atoms with Crippen molar-refractivity contribution >= 4 is 29.1 Å². The molecule has 0 aliphatic carbocycles. The van der Waals surface area contributed by atoms with Crippen molar-refractivity contribution in [3.05, 3.63) is 34.6 Å². The molecule has 0 radical (unpaired) electrons. The van der Waals surface area contributed by atoms with Crippen LogP contribution < -0.4 is 5.32 Å². The van der Waals surface area contributed by atoms with Gasteiger partial charge in [-0.15, -0.1) is 11.6 Å². The van der Waals surface area contributed by atoms with Crippen molar-refractivity contribution in [1.82, 2.24) is 5.32 Å². The molecular formula is C12H14Cl2FNO. The second-order valence-electron chi connectivity index (χ2n) is 3.80. The van der Waals surface area contributed by atoms with Crippen LogP contribution >= 0.6 is 23.2 Å². The van der Waals surface area contributed by atoms with Crippen LogP contribution in [0.1, 0.15) is 30.1 Å². The Morgan fingerprint density at radius 2 is 2.24 bits per heavy atom. The summed E-state index contributed by atoms with van der Waals surface area (Å²) in [6.07, 6.45) is 1.57. The van der Waals surface area contributed by atoms with E-state index in [1.165, 1.54) is 18.2 Å². The summed E-state index contributed by atoms with van der Waals surface area (Å²) in [7, 11) is 0. The summed E-state index contributed by atoms with van der Waals surface area (Å²) in [5, 5.41) is 3.04. The van der Waals surface area contributed by atoms with Crippen molar-refractivity contribution < 1.29 is 9.18 Å². The van der Waals surface area contributed by atoms with Crippen LogP contribution in [-0.2, 0) is 0 Å². The quantitative estimate of drug-likeness (QED) is 0.647. The van der Waals surface area contributed by atoms with E-state index in [1.807, 2.05) is 6.92 Å². The predicted molar refractivity (Wildman–Crippen MR) is 68.3 cm³/mol. The van der Waals surface area contributed by atoms with E-state index in [9.17, 15) is 9.18 Å². The molecule has 0 spiro atoms. The fourth-order valence-electron chi connectivity index (χ4n) is 1.35. The highest BCUT2D eigenvalue weighted by Gasteiger charge is 2.11. The number of hydrogen-bond donors (Lipinski definition) is 1. The van der Waals surface area contributed by atoms with Crippen LogP contribution in [0.4, 0.5) is 4.39 Å². The third-order valence-corrected chi connectivity index (χ3v) is 2.69. The lowest BCUT2D eigenvalue weighted by atomic mass is 10.2. The fraction of sp³-hybridized carbons (Fsp3) is 0.417. The van der Waals surface area contributed by atoms with Crippen molar-refractivity contribution in [3.63, 3.8) is 0 Å². The zero-order valence-electron chi connectivity index (χ0n) is 9.47. The van der Waals surface area contributed by atoms with Crippen LogP contribution in [0.2, 0.25) is 5.02 Å². The molecule has 1 aromatic rings. The molecule has 0 saturated carbocycles. The van der Waals surface area contributed by atoms with Crippen LogP contribution in [0.25, 0.3) is 0 Å². The third kappa shape index (κ3) is 4.92. The lowest BCUT2D eigenvalue weighted by Gasteiger charge is -2.07. The summed E-state index contributed by atoms with van der Waals surface area (Å²) in [5.41, 5.74) is -0.0311. The molecule has 1 unspecified atom stereocenters. The molecule has 0 fully saturated rings. The highest BCUT2D eigenvalue weighted by atomic mass is 35.5. The van der Waals surface area contributed by atoms with Crippen LogP contribution in [0, 0.1) is 5.82 Å². The van der Waals surface area contributed by atoms with E-state index >= 15 is 0 Å². The number of nitrogens with one attached hydrogen (secondary N) is 1. The number of benzene rings is 1. The third-order valence-electron chi connectivity index (χ3n) is 2.24. The van der Waals surface area contributed by atoms with Crippen LogP contribution in [0.15, 0.2) is 18.2 Å². The Kier molecular flexibility index (Phi) is 5.72. The summed E-state index contributed by atoms with van der Waals surface area (Å²) in [6, 6.07) is 3.90. The van der Waals surface area contributed by atoms with Gasteiger partial charge in [-0.2, -0.15) is 0 Å². The number of hydrogen-bond acceptors (Lipinski definition) is 1. The SMILES string of the molecule is CC(Cl)CCCNC(=O)c1cc(Cl)ccc1F. The second-order valence-corrected chi connectivity index (χ2v) is 4.98. The maximum atomic E-state index is 13.3. The van der Waals surface area contributed by atoms with Crippen molar-refractivity contribution in [2.75, 3.05) is 6.54 Å². The van der Waals surface area contributed by atoms with Crippen LogP contribution in [-0.4, -0.2) is 17.8 Å². The van der Waals surface area contributed by atoms with Gasteiger partial charge in [-0.1, -0.05) is 11.6 Å². The topological polar surface area (TPSA) is 29.1 Å². The number of carbonyl (C=O) groups excluding carboxylic acids is 1. The van der Waals surface area contributed by atoms with Gasteiger partial charge in [0.1, 0.15) is 5.82 Å². The van der Waals surface area contributed by atoms with E-state index < -0.39 is 11.7 Å². The molecule has 1 rings (SSSR count). The van der Waals surface area contributed by atoms with Gasteiger partial charge in [0.15, 0.2) is 0 Å². The summed E-state index contributed by atoms with van der Waals surface area (Å²) in [4.78, 5) is 11.6. The molecule has 0 saturated heterocycles. The number of carbonyl (C=O) groups is 1. The molecule has 0 aliphatic rings. The lowest BCUT2D eigenvalue weighted by molar-refractivity contribution is 0.0949. The molecule has 0 bridgehead atoms.